The number of hydrogen-bond acceptors (Lipinski definition) is 2. The van der Waals surface area contributed by atoms with E-state index in [0.29, 0.717) is 6.54 Å². The Morgan fingerprint density at radius 1 is 0.895 bits per heavy atom. The molecule has 2 N–H and O–H groups in total. The van der Waals surface area contributed by atoms with E-state index in [1.54, 1.807) is 0 Å². The van der Waals surface area contributed by atoms with Crippen LogP contribution in [0.5, 0.6) is 0 Å². The second-order valence-electron chi connectivity index (χ2n) is 4.62. The largest absolute Gasteiger partial charge is 0.329 e. The van der Waals surface area contributed by atoms with Crippen LogP contribution in [0.25, 0.3) is 10.8 Å². The highest BCUT2D eigenvalue weighted by Crippen LogP contribution is 2.27. The highest BCUT2D eigenvalue weighted by Gasteiger charge is 2.15. The Labute approximate surface area is 112 Å². The molecule has 2 heteroatoms. The van der Waals surface area contributed by atoms with Crippen molar-refractivity contribution in [3.63, 3.8) is 0 Å². The van der Waals surface area contributed by atoms with Crippen LogP contribution in [-0.2, 0) is 0 Å². The minimum atomic E-state index is 0.146. The Morgan fingerprint density at radius 3 is 2.42 bits per heavy atom. The van der Waals surface area contributed by atoms with Crippen molar-refractivity contribution in [2.45, 2.75) is 5.92 Å². The predicted octanol–water partition coefficient (Wildman–Crippen LogP) is 3.33. The summed E-state index contributed by atoms with van der Waals surface area (Å²) in [4.78, 5) is 4.57. The van der Waals surface area contributed by atoms with Gasteiger partial charge in [0.05, 0.1) is 5.69 Å². The van der Waals surface area contributed by atoms with Crippen molar-refractivity contribution in [3.8, 4) is 0 Å². The fraction of sp³-hybridized carbons (Fsp3) is 0.118. The number of fused-ring (bicyclic) bond motifs is 1. The minimum absolute atomic E-state index is 0.146. The number of aromatic nitrogens is 1. The molecule has 2 nitrogen and oxygen atoms in total. The van der Waals surface area contributed by atoms with Gasteiger partial charge in [-0.05, 0) is 17.0 Å². The van der Waals surface area contributed by atoms with Gasteiger partial charge in [0.15, 0.2) is 0 Å². The fourth-order valence-corrected chi connectivity index (χ4v) is 2.51. The van der Waals surface area contributed by atoms with Crippen molar-refractivity contribution in [2.24, 2.45) is 5.73 Å². The molecule has 0 radical (unpaired) electrons. The Bertz CT molecular complexity index is 672. The van der Waals surface area contributed by atoms with Crippen molar-refractivity contribution in [1.82, 2.24) is 4.98 Å². The summed E-state index contributed by atoms with van der Waals surface area (Å²) in [6.45, 7) is 0.561. The van der Waals surface area contributed by atoms with Crippen LogP contribution in [-0.4, -0.2) is 11.5 Å². The van der Waals surface area contributed by atoms with Crippen molar-refractivity contribution in [2.75, 3.05) is 6.54 Å². The summed E-state index contributed by atoms with van der Waals surface area (Å²) in [7, 11) is 0. The van der Waals surface area contributed by atoms with Crippen molar-refractivity contribution >= 4 is 10.8 Å². The molecular weight excluding hydrogens is 232 g/mol. The van der Waals surface area contributed by atoms with Gasteiger partial charge >= 0.3 is 0 Å². The van der Waals surface area contributed by atoms with Gasteiger partial charge in [0.1, 0.15) is 0 Å². The van der Waals surface area contributed by atoms with E-state index >= 15 is 0 Å². The van der Waals surface area contributed by atoms with Gasteiger partial charge < -0.3 is 5.73 Å². The lowest BCUT2D eigenvalue weighted by Crippen LogP contribution is -2.15. The van der Waals surface area contributed by atoms with Gasteiger partial charge in [0.2, 0.25) is 0 Å². The molecule has 0 saturated carbocycles. The van der Waals surface area contributed by atoms with Crippen LogP contribution in [0.3, 0.4) is 0 Å². The van der Waals surface area contributed by atoms with E-state index in [4.69, 9.17) is 5.73 Å². The molecule has 94 valence electrons. The standard InChI is InChI=1S/C17H16N2/c18-12-16(13-6-2-1-3-7-13)17-15-9-5-4-8-14(15)10-11-19-17/h1-11,16H,12,18H2. The zero-order chi connectivity index (χ0) is 13.1. The number of rotatable bonds is 3. The van der Waals surface area contributed by atoms with E-state index in [1.165, 1.54) is 16.3 Å². The Hall–Kier alpha value is -2.19. The highest BCUT2D eigenvalue weighted by atomic mass is 14.7. The third kappa shape index (κ3) is 2.23. The van der Waals surface area contributed by atoms with E-state index < -0.39 is 0 Å². The average Bonchev–Trinajstić information content (AvgIpc) is 2.49. The molecule has 2 aromatic carbocycles. The Kier molecular flexibility index (Phi) is 3.25. The summed E-state index contributed by atoms with van der Waals surface area (Å²) in [5, 5.41) is 2.39. The fourth-order valence-electron chi connectivity index (χ4n) is 2.51. The topological polar surface area (TPSA) is 38.9 Å². The minimum Gasteiger partial charge on any atom is -0.329 e. The monoisotopic (exact) mass is 248 g/mol. The molecule has 1 heterocycles. The van der Waals surface area contributed by atoms with Crippen molar-refractivity contribution in [1.29, 1.82) is 0 Å². The van der Waals surface area contributed by atoms with Crippen molar-refractivity contribution < 1.29 is 0 Å². The lowest BCUT2D eigenvalue weighted by molar-refractivity contribution is 0.796. The molecule has 1 unspecified atom stereocenters. The van der Waals surface area contributed by atoms with Crippen LogP contribution in [0.1, 0.15) is 17.2 Å². The second-order valence-corrected chi connectivity index (χ2v) is 4.62. The van der Waals surface area contributed by atoms with Crippen molar-refractivity contribution in [3.05, 3.63) is 78.1 Å². The first-order valence-corrected chi connectivity index (χ1v) is 6.49. The average molecular weight is 248 g/mol. The number of pyridine rings is 1. The molecule has 19 heavy (non-hydrogen) atoms. The molecule has 0 spiro atoms. The summed E-state index contributed by atoms with van der Waals surface area (Å²) < 4.78 is 0. The lowest BCUT2D eigenvalue weighted by atomic mass is 9.92. The summed E-state index contributed by atoms with van der Waals surface area (Å²) in [6.07, 6.45) is 1.86. The molecule has 1 aromatic heterocycles. The van der Waals surface area contributed by atoms with Gasteiger partial charge in [0.25, 0.3) is 0 Å². The zero-order valence-electron chi connectivity index (χ0n) is 10.7. The third-order valence-electron chi connectivity index (χ3n) is 3.47. The summed E-state index contributed by atoms with van der Waals surface area (Å²) in [6, 6.07) is 20.7. The van der Waals surface area contributed by atoms with Crippen LogP contribution >= 0.6 is 0 Å². The molecule has 0 fully saturated rings. The summed E-state index contributed by atoms with van der Waals surface area (Å²) in [5.74, 6) is 0.146. The van der Waals surface area contributed by atoms with Crippen LogP contribution in [0.15, 0.2) is 66.9 Å². The first-order valence-electron chi connectivity index (χ1n) is 6.49. The third-order valence-corrected chi connectivity index (χ3v) is 3.47. The number of hydrogen-bond donors (Lipinski definition) is 1. The molecule has 3 rings (SSSR count). The number of nitrogens with zero attached hydrogens (tertiary/aromatic N) is 1. The smallest absolute Gasteiger partial charge is 0.0569 e. The molecule has 0 aliphatic rings. The molecule has 0 saturated heterocycles. The van der Waals surface area contributed by atoms with Crippen LogP contribution in [0, 0.1) is 0 Å². The van der Waals surface area contributed by atoms with E-state index in [9.17, 15) is 0 Å². The molecule has 1 atom stereocenters. The molecule has 0 bridgehead atoms. The van der Waals surface area contributed by atoms with E-state index in [-0.39, 0.29) is 5.92 Å². The summed E-state index contributed by atoms with van der Waals surface area (Å²) >= 11 is 0. The highest BCUT2D eigenvalue weighted by molar-refractivity contribution is 5.85. The second kappa shape index (κ2) is 5.21. The number of nitrogens with two attached hydrogens (primary N) is 1. The van der Waals surface area contributed by atoms with Gasteiger partial charge in [-0.2, -0.15) is 0 Å². The zero-order valence-corrected chi connectivity index (χ0v) is 10.7. The van der Waals surface area contributed by atoms with Gasteiger partial charge in [-0.3, -0.25) is 4.98 Å². The Balaban J connectivity index is 2.17. The maximum Gasteiger partial charge on any atom is 0.0569 e. The molecular formula is C17H16N2. The molecule has 0 aliphatic carbocycles. The summed E-state index contributed by atoms with van der Waals surface area (Å²) in [5.41, 5.74) is 8.27. The Morgan fingerprint density at radius 2 is 1.63 bits per heavy atom. The van der Waals surface area contributed by atoms with Gasteiger partial charge in [-0.1, -0.05) is 54.6 Å². The maximum atomic E-state index is 5.99. The van der Waals surface area contributed by atoms with Crippen LogP contribution in [0.4, 0.5) is 0 Å². The number of benzene rings is 2. The van der Waals surface area contributed by atoms with E-state index in [2.05, 4.69) is 29.2 Å². The van der Waals surface area contributed by atoms with E-state index in [1.807, 2.05) is 42.6 Å². The van der Waals surface area contributed by atoms with Crippen LogP contribution < -0.4 is 5.73 Å². The predicted molar refractivity (Wildman–Crippen MR) is 79.1 cm³/mol. The quantitative estimate of drug-likeness (QED) is 0.772. The van der Waals surface area contributed by atoms with Gasteiger partial charge in [-0.25, -0.2) is 0 Å². The van der Waals surface area contributed by atoms with Gasteiger partial charge in [0, 0.05) is 24.0 Å². The van der Waals surface area contributed by atoms with Crippen LogP contribution in [0.2, 0.25) is 0 Å². The SMILES string of the molecule is NCC(c1ccccc1)c1nccc2ccccc12. The molecule has 0 aliphatic heterocycles. The first-order chi connectivity index (χ1) is 9.40. The van der Waals surface area contributed by atoms with E-state index in [0.717, 1.165) is 5.69 Å². The normalized spacial score (nSPS) is 12.5. The van der Waals surface area contributed by atoms with Gasteiger partial charge in [-0.15, -0.1) is 0 Å². The molecule has 0 amide bonds. The molecule has 3 aromatic rings. The lowest BCUT2D eigenvalue weighted by Gasteiger charge is -2.16. The first kappa shape index (κ1) is 11.9. The maximum absolute atomic E-state index is 5.99.